The van der Waals surface area contributed by atoms with Crippen LogP contribution in [-0.4, -0.2) is 85.6 Å². The Kier molecular flexibility index (Phi) is 8.22. The number of carbonyl (C=O) groups excluding carboxylic acids is 1. The molecule has 1 amide bonds. The first kappa shape index (κ1) is 30.3. The van der Waals surface area contributed by atoms with E-state index in [0.29, 0.717) is 65.9 Å². The van der Waals surface area contributed by atoms with Crippen molar-refractivity contribution in [1.29, 1.82) is 0 Å². The second-order valence-electron chi connectivity index (χ2n) is 12.4. The zero-order valence-corrected chi connectivity index (χ0v) is 26.0. The van der Waals surface area contributed by atoms with Crippen LogP contribution in [0.5, 0.6) is 0 Å². The number of ether oxygens (including phenoxy) is 1. The first-order valence-electron chi connectivity index (χ1n) is 15.9. The zero-order chi connectivity index (χ0) is 31.9. The number of aromatic nitrogens is 4. The summed E-state index contributed by atoms with van der Waals surface area (Å²) >= 11 is 0. The van der Waals surface area contributed by atoms with Crippen molar-refractivity contribution in [2.45, 2.75) is 51.4 Å². The van der Waals surface area contributed by atoms with E-state index >= 15 is 4.39 Å². The molecule has 0 atom stereocenters. The first-order valence-corrected chi connectivity index (χ1v) is 15.9. The molecule has 4 aliphatic rings. The molecule has 7 rings (SSSR count). The Morgan fingerprint density at radius 1 is 1.11 bits per heavy atom. The van der Waals surface area contributed by atoms with Gasteiger partial charge < -0.3 is 24.6 Å². The third-order valence-electron chi connectivity index (χ3n) is 9.45. The number of amides is 1. The number of allylic oxidation sites excluding steroid dienone is 2. The average molecular weight is 631 g/mol. The molecule has 13 heteroatoms. The highest BCUT2D eigenvalue weighted by molar-refractivity contribution is 6.07. The summed E-state index contributed by atoms with van der Waals surface area (Å²) in [5, 5.41) is 18.5. The summed E-state index contributed by atoms with van der Waals surface area (Å²) in [5.41, 5.74) is 3.15. The summed E-state index contributed by atoms with van der Waals surface area (Å²) in [6, 6.07) is 5.87. The number of fused-ring (bicyclic) bond motifs is 2. The zero-order valence-electron chi connectivity index (χ0n) is 26.0. The van der Waals surface area contributed by atoms with Crippen molar-refractivity contribution in [3.8, 4) is 11.1 Å². The smallest absolute Gasteiger partial charge is 0.278 e. The molecular formula is C33H39FN8O4. The first-order chi connectivity index (χ1) is 22.3. The lowest BCUT2D eigenvalue weighted by Crippen LogP contribution is -2.51. The Balaban J connectivity index is 1.20. The van der Waals surface area contributed by atoms with E-state index in [4.69, 9.17) is 9.84 Å². The van der Waals surface area contributed by atoms with Gasteiger partial charge in [0.1, 0.15) is 17.2 Å². The van der Waals surface area contributed by atoms with Crippen molar-refractivity contribution in [3.05, 3.63) is 75.9 Å². The van der Waals surface area contributed by atoms with Crippen LogP contribution in [0.4, 0.5) is 21.7 Å². The topological polar surface area (TPSA) is 121 Å². The van der Waals surface area contributed by atoms with Crippen molar-refractivity contribution >= 4 is 23.2 Å². The normalized spacial score (nSPS) is 19.7. The Labute approximate surface area is 266 Å². The van der Waals surface area contributed by atoms with Gasteiger partial charge in [-0.15, -0.1) is 0 Å². The maximum absolute atomic E-state index is 15.6. The number of halogens is 1. The molecule has 0 spiro atoms. The summed E-state index contributed by atoms with van der Waals surface area (Å²) in [6.45, 7) is 8.74. The van der Waals surface area contributed by atoms with Crippen LogP contribution in [0.1, 0.15) is 36.9 Å². The molecule has 12 nitrogen and oxygen atoms in total. The highest BCUT2D eigenvalue weighted by Gasteiger charge is 2.36. The minimum Gasteiger partial charge on any atom is -0.392 e. The lowest BCUT2D eigenvalue weighted by molar-refractivity contribution is -0.118. The molecule has 0 bridgehead atoms. The fraction of sp³-hybridized carbons (Fsp3) is 0.455. The number of aliphatic hydroxyl groups is 1. The second-order valence-corrected chi connectivity index (χ2v) is 12.4. The van der Waals surface area contributed by atoms with Crippen LogP contribution in [0.15, 0.2) is 59.1 Å². The van der Waals surface area contributed by atoms with E-state index in [-0.39, 0.29) is 17.1 Å². The lowest BCUT2D eigenvalue weighted by Gasteiger charge is -2.39. The number of rotatable bonds is 6. The van der Waals surface area contributed by atoms with Gasteiger partial charge in [-0.2, -0.15) is 5.10 Å². The minimum absolute atomic E-state index is 0.00902. The molecule has 2 saturated heterocycles. The van der Waals surface area contributed by atoms with Gasteiger partial charge in [-0.1, -0.05) is 13.0 Å². The SMILES string of the molecule is C=C1CCCCCN2CCN(c3nccc(-c4cc(Nc5cc6n(n5)CCN(C5COC5)C6)c(=O)n(C)c4)c3CO)C(=O)C2=C1F. The summed E-state index contributed by atoms with van der Waals surface area (Å²) in [5.74, 6) is -0.231. The third kappa shape index (κ3) is 5.52. The number of carbonyl (C=O) groups is 1. The minimum atomic E-state index is -0.571. The van der Waals surface area contributed by atoms with Gasteiger partial charge >= 0.3 is 0 Å². The fourth-order valence-corrected chi connectivity index (χ4v) is 6.77. The lowest BCUT2D eigenvalue weighted by atomic mass is 10.0. The van der Waals surface area contributed by atoms with Crippen LogP contribution in [0.2, 0.25) is 0 Å². The van der Waals surface area contributed by atoms with Crippen LogP contribution < -0.4 is 15.8 Å². The van der Waals surface area contributed by atoms with Gasteiger partial charge in [0.2, 0.25) is 0 Å². The van der Waals surface area contributed by atoms with E-state index in [1.165, 1.54) is 9.47 Å². The Hall–Kier alpha value is -4.33. The average Bonchev–Trinajstić information content (AvgIpc) is 3.45. The number of piperazine rings is 1. The van der Waals surface area contributed by atoms with Gasteiger partial charge in [0.25, 0.3) is 11.5 Å². The molecule has 0 aliphatic carbocycles. The van der Waals surface area contributed by atoms with Crippen LogP contribution in [0.3, 0.4) is 0 Å². The Morgan fingerprint density at radius 2 is 1.96 bits per heavy atom. The number of pyridine rings is 2. The van der Waals surface area contributed by atoms with Gasteiger partial charge in [-0.25, -0.2) is 9.37 Å². The van der Waals surface area contributed by atoms with Gasteiger partial charge in [-0.05, 0) is 42.5 Å². The van der Waals surface area contributed by atoms with E-state index in [2.05, 4.69) is 21.8 Å². The number of nitrogens with one attached hydrogen (secondary N) is 1. The molecule has 4 aliphatic heterocycles. The van der Waals surface area contributed by atoms with Crippen LogP contribution in [-0.2, 0) is 36.3 Å². The number of hydrogen-bond donors (Lipinski definition) is 2. The molecule has 242 valence electrons. The van der Waals surface area contributed by atoms with E-state index in [0.717, 1.165) is 57.8 Å². The maximum atomic E-state index is 15.6. The molecular weight excluding hydrogens is 591 g/mol. The van der Waals surface area contributed by atoms with Gasteiger partial charge in [0, 0.05) is 69.4 Å². The molecule has 2 fully saturated rings. The monoisotopic (exact) mass is 630 g/mol. The van der Waals surface area contributed by atoms with Crippen molar-refractivity contribution in [2.75, 3.05) is 49.6 Å². The predicted molar refractivity (Wildman–Crippen MR) is 171 cm³/mol. The van der Waals surface area contributed by atoms with Crippen molar-refractivity contribution in [1.82, 2.24) is 29.1 Å². The largest absolute Gasteiger partial charge is 0.392 e. The number of hydrogen-bond acceptors (Lipinski definition) is 9. The van der Waals surface area contributed by atoms with Crippen molar-refractivity contribution < 1.29 is 19.0 Å². The molecule has 3 aromatic heterocycles. The molecule has 0 saturated carbocycles. The third-order valence-corrected chi connectivity index (χ3v) is 9.45. The standard InChI is InChI=1S/C33H39FN8O4/c1-21-6-4-3-5-9-39-10-12-41(33(45)30(39)29(21)34)31-26(18-43)25(7-8-35-31)22-14-27(32(44)38(2)16-22)36-28-15-23-17-40(24-19-46-20-24)11-13-42(23)37-28/h7-8,14-16,24,43H,1,3-6,9-13,17-20H2,2H3,(H,36,37). The molecule has 2 N–H and O–H groups in total. The second kappa shape index (κ2) is 12.5. The van der Waals surface area contributed by atoms with E-state index < -0.39 is 18.3 Å². The van der Waals surface area contributed by atoms with Crippen molar-refractivity contribution in [3.63, 3.8) is 0 Å². The number of aryl methyl sites for hydroxylation is 1. The number of aliphatic hydroxyl groups excluding tert-OH is 1. The Morgan fingerprint density at radius 3 is 2.74 bits per heavy atom. The summed E-state index contributed by atoms with van der Waals surface area (Å²) in [4.78, 5) is 37.3. The van der Waals surface area contributed by atoms with Gasteiger partial charge in [0.15, 0.2) is 11.6 Å². The van der Waals surface area contributed by atoms with Gasteiger partial charge in [0.05, 0.1) is 38.1 Å². The van der Waals surface area contributed by atoms with E-state index in [1.54, 1.807) is 31.6 Å². The fourth-order valence-electron chi connectivity index (χ4n) is 6.77. The predicted octanol–water partition coefficient (Wildman–Crippen LogP) is 3.05. The highest BCUT2D eigenvalue weighted by Crippen LogP contribution is 2.35. The molecule has 46 heavy (non-hydrogen) atoms. The van der Waals surface area contributed by atoms with Crippen LogP contribution in [0.25, 0.3) is 11.1 Å². The molecule has 0 unspecified atom stereocenters. The summed E-state index contributed by atoms with van der Waals surface area (Å²) in [7, 11) is 1.66. The molecule has 0 aromatic carbocycles. The molecule has 0 radical (unpaired) electrons. The quantitative estimate of drug-likeness (QED) is 0.424. The summed E-state index contributed by atoms with van der Waals surface area (Å²) < 4.78 is 24.4. The van der Waals surface area contributed by atoms with E-state index in [9.17, 15) is 14.7 Å². The van der Waals surface area contributed by atoms with Crippen LogP contribution in [0, 0.1) is 0 Å². The molecule has 3 aromatic rings. The van der Waals surface area contributed by atoms with E-state index in [1.807, 2.05) is 15.6 Å². The number of anilines is 3. The Bertz CT molecular complexity index is 1780. The highest BCUT2D eigenvalue weighted by atomic mass is 19.1. The molecule has 7 heterocycles. The number of nitrogens with zero attached hydrogens (tertiary/aromatic N) is 7. The van der Waals surface area contributed by atoms with Crippen LogP contribution >= 0.6 is 0 Å². The maximum Gasteiger partial charge on any atom is 0.278 e. The summed E-state index contributed by atoms with van der Waals surface area (Å²) in [6.07, 6.45) is 6.40. The van der Waals surface area contributed by atoms with Crippen molar-refractivity contribution in [2.24, 2.45) is 7.05 Å². The van der Waals surface area contributed by atoms with Gasteiger partial charge in [-0.3, -0.25) is 24.1 Å².